The molecule has 4 atom stereocenters. The van der Waals surface area contributed by atoms with Gasteiger partial charge in [-0.25, -0.2) is 0 Å². The quantitative estimate of drug-likeness (QED) is 0.466. The lowest BCUT2D eigenvalue weighted by Crippen LogP contribution is -2.55. The van der Waals surface area contributed by atoms with Crippen molar-refractivity contribution in [3.8, 4) is 0 Å². The second kappa shape index (κ2) is 6.22. The molecule has 132 valence electrons. The first-order valence-corrected chi connectivity index (χ1v) is 8.28. The molecule has 8 heteroatoms. The Bertz CT molecular complexity index is 776. The highest BCUT2D eigenvalue weighted by atomic mass is 35.5. The molecular formula is C17H17ClN2O5. The Hall–Kier alpha value is -2.28. The maximum Gasteiger partial charge on any atom is 0.295 e. The lowest BCUT2D eigenvalue weighted by molar-refractivity contribution is -0.523. The van der Waals surface area contributed by atoms with Crippen molar-refractivity contribution in [3.05, 3.63) is 45.0 Å². The number of halogens is 1. The minimum Gasteiger partial charge on any atom is -0.381 e. The zero-order valence-corrected chi connectivity index (χ0v) is 14.5. The zero-order valence-electron chi connectivity index (χ0n) is 13.8. The second-order valence-electron chi connectivity index (χ2n) is 6.67. The van der Waals surface area contributed by atoms with Crippen LogP contribution in [0.2, 0.25) is 5.02 Å². The number of Topliss-reactive ketones (excluding diaryl/α,β-unsaturated/α-hetero) is 2. The standard InChI is InChI=1S/C17H17ClN2O5/c1-9-16(20(23)24)17(25-19-9)7-13(11-3-5-12(18)6-4-11)15(10(2)21)14(22)8-17/h3-6,13,15-16H,7-8H2,1-2H3/t13-,15+,16+,17-/m1/s1. The van der Waals surface area contributed by atoms with Gasteiger partial charge in [0.2, 0.25) is 5.60 Å². The maximum absolute atomic E-state index is 12.7. The Morgan fingerprint density at radius 3 is 2.60 bits per heavy atom. The van der Waals surface area contributed by atoms with Crippen LogP contribution in [0, 0.1) is 16.0 Å². The van der Waals surface area contributed by atoms with E-state index in [1.807, 2.05) is 0 Å². The summed E-state index contributed by atoms with van der Waals surface area (Å²) < 4.78 is 0. The van der Waals surface area contributed by atoms with Gasteiger partial charge in [-0.05, 0) is 31.5 Å². The first-order chi connectivity index (χ1) is 11.7. The highest BCUT2D eigenvalue weighted by Gasteiger charge is 2.62. The fraction of sp³-hybridized carbons (Fsp3) is 0.471. The van der Waals surface area contributed by atoms with Gasteiger partial charge in [0.25, 0.3) is 6.04 Å². The predicted molar refractivity (Wildman–Crippen MR) is 90.3 cm³/mol. The first-order valence-electron chi connectivity index (χ1n) is 7.90. The molecule has 0 amide bonds. The van der Waals surface area contributed by atoms with E-state index in [2.05, 4.69) is 5.16 Å². The minimum absolute atomic E-state index is 0.164. The molecule has 1 fully saturated rings. The summed E-state index contributed by atoms with van der Waals surface area (Å²) in [5.74, 6) is -1.97. The van der Waals surface area contributed by atoms with Crippen molar-refractivity contribution in [2.45, 2.75) is 44.2 Å². The van der Waals surface area contributed by atoms with Crippen molar-refractivity contribution in [2.24, 2.45) is 11.1 Å². The van der Waals surface area contributed by atoms with Crippen LogP contribution in [0.5, 0.6) is 0 Å². The van der Waals surface area contributed by atoms with E-state index in [4.69, 9.17) is 16.4 Å². The van der Waals surface area contributed by atoms with Gasteiger partial charge < -0.3 is 4.84 Å². The largest absolute Gasteiger partial charge is 0.381 e. The average Bonchev–Trinajstić information content (AvgIpc) is 2.82. The summed E-state index contributed by atoms with van der Waals surface area (Å²) >= 11 is 5.92. The molecule has 0 saturated heterocycles. The van der Waals surface area contributed by atoms with E-state index in [1.165, 1.54) is 13.8 Å². The molecule has 1 aromatic carbocycles. The number of carbonyl (C=O) groups is 2. The molecule has 25 heavy (non-hydrogen) atoms. The van der Waals surface area contributed by atoms with Crippen LogP contribution in [0.15, 0.2) is 29.4 Å². The smallest absolute Gasteiger partial charge is 0.295 e. The Kier molecular flexibility index (Phi) is 4.36. The zero-order chi connectivity index (χ0) is 18.4. The lowest BCUT2D eigenvalue weighted by Gasteiger charge is -2.39. The number of hydrogen-bond donors (Lipinski definition) is 0. The minimum atomic E-state index is -1.35. The molecule has 2 aliphatic rings. The summed E-state index contributed by atoms with van der Waals surface area (Å²) in [6.45, 7) is 2.88. The number of oxime groups is 1. The monoisotopic (exact) mass is 364 g/mol. The second-order valence-corrected chi connectivity index (χ2v) is 7.11. The van der Waals surface area contributed by atoms with Crippen LogP contribution >= 0.6 is 11.6 Å². The van der Waals surface area contributed by atoms with Crippen molar-refractivity contribution >= 4 is 28.9 Å². The maximum atomic E-state index is 12.7. The van der Waals surface area contributed by atoms with E-state index < -0.39 is 28.4 Å². The topological polar surface area (TPSA) is 98.9 Å². The Morgan fingerprint density at radius 2 is 2.04 bits per heavy atom. The number of carbonyl (C=O) groups excluding carboxylic acids is 2. The van der Waals surface area contributed by atoms with Crippen molar-refractivity contribution in [1.29, 1.82) is 0 Å². The number of ketones is 2. The summed E-state index contributed by atoms with van der Waals surface area (Å²) in [5.41, 5.74) is -0.387. The van der Waals surface area contributed by atoms with Crippen molar-refractivity contribution in [1.82, 2.24) is 0 Å². The fourth-order valence-corrected chi connectivity index (χ4v) is 4.11. The molecule has 1 spiro atoms. The molecule has 0 N–H and O–H groups in total. The van der Waals surface area contributed by atoms with E-state index in [1.54, 1.807) is 24.3 Å². The third-order valence-electron chi connectivity index (χ3n) is 5.00. The van der Waals surface area contributed by atoms with Gasteiger partial charge in [-0.15, -0.1) is 0 Å². The van der Waals surface area contributed by atoms with Gasteiger partial charge >= 0.3 is 0 Å². The third kappa shape index (κ3) is 2.93. The van der Waals surface area contributed by atoms with Gasteiger partial charge in [-0.3, -0.25) is 19.7 Å². The molecule has 0 radical (unpaired) electrons. The Labute approximate surface area is 149 Å². The fourth-order valence-electron chi connectivity index (χ4n) is 3.99. The molecule has 7 nitrogen and oxygen atoms in total. The summed E-state index contributed by atoms with van der Waals surface area (Å²) in [6.07, 6.45) is -0.0368. The van der Waals surface area contributed by atoms with Gasteiger partial charge in [0.15, 0.2) is 0 Å². The molecule has 1 saturated carbocycles. The summed E-state index contributed by atoms with van der Waals surface area (Å²) in [7, 11) is 0. The van der Waals surface area contributed by atoms with E-state index in [-0.39, 0.29) is 30.1 Å². The van der Waals surface area contributed by atoms with Crippen LogP contribution in [0.1, 0.15) is 38.2 Å². The average molecular weight is 365 g/mol. The molecule has 1 aromatic rings. The highest BCUT2D eigenvalue weighted by Crippen LogP contribution is 2.47. The van der Waals surface area contributed by atoms with Crippen LogP contribution in [0.4, 0.5) is 0 Å². The molecule has 0 unspecified atom stereocenters. The van der Waals surface area contributed by atoms with Crippen LogP contribution in [0.3, 0.4) is 0 Å². The normalized spacial score (nSPS) is 31.6. The van der Waals surface area contributed by atoms with E-state index >= 15 is 0 Å². The molecule has 3 rings (SSSR count). The van der Waals surface area contributed by atoms with Crippen molar-refractivity contribution < 1.29 is 19.3 Å². The summed E-state index contributed by atoms with van der Waals surface area (Å²) in [5, 5.41) is 15.9. The van der Waals surface area contributed by atoms with E-state index in [9.17, 15) is 19.7 Å². The number of rotatable bonds is 3. The van der Waals surface area contributed by atoms with Gasteiger partial charge in [0.05, 0.1) is 12.3 Å². The van der Waals surface area contributed by atoms with Crippen LogP contribution in [-0.4, -0.2) is 33.8 Å². The summed E-state index contributed by atoms with van der Waals surface area (Å²) in [4.78, 5) is 41.3. The van der Waals surface area contributed by atoms with Crippen LogP contribution in [-0.2, 0) is 14.4 Å². The van der Waals surface area contributed by atoms with E-state index in [0.29, 0.717) is 5.02 Å². The number of hydrogen-bond acceptors (Lipinski definition) is 6. The lowest BCUT2D eigenvalue weighted by atomic mass is 9.64. The molecule has 1 aliphatic carbocycles. The van der Waals surface area contributed by atoms with Gasteiger partial charge in [-0.1, -0.05) is 28.9 Å². The number of benzene rings is 1. The molecule has 1 aliphatic heterocycles. The van der Waals surface area contributed by atoms with Crippen molar-refractivity contribution in [3.63, 3.8) is 0 Å². The Morgan fingerprint density at radius 1 is 1.40 bits per heavy atom. The molecule has 1 heterocycles. The number of nitrogens with zero attached hydrogens (tertiary/aromatic N) is 2. The SMILES string of the molecule is CC(=O)[C@@H]1C(=O)C[C@@]2(C[C@@H]1c1ccc(Cl)cc1)ON=C(C)[C@@H]2[N+](=O)[O-]. The Balaban J connectivity index is 2.04. The van der Waals surface area contributed by atoms with Crippen molar-refractivity contribution in [2.75, 3.05) is 0 Å². The van der Waals surface area contributed by atoms with Gasteiger partial charge in [0, 0.05) is 22.3 Å². The van der Waals surface area contributed by atoms with E-state index in [0.717, 1.165) is 5.56 Å². The predicted octanol–water partition coefficient (Wildman–Crippen LogP) is 2.78. The third-order valence-corrected chi connectivity index (χ3v) is 5.25. The molecular weight excluding hydrogens is 348 g/mol. The highest BCUT2D eigenvalue weighted by molar-refractivity contribution is 6.30. The summed E-state index contributed by atoms with van der Waals surface area (Å²) in [6, 6.07) is 5.61. The van der Waals surface area contributed by atoms with Crippen LogP contribution < -0.4 is 0 Å². The molecule has 0 aromatic heterocycles. The first kappa shape index (κ1) is 17.5. The molecule has 0 bridgehead atoms. The van der Waals surface area contributed by atoms with Gasteiger partial charge in [-0.2, -0.15) is 0 Å². The van der Waals surface area contributed by atoms with Crippen LogP contribution in [0.25, 0.3) is 0 Å². The number of nitro groups is 1. The van der Waals surface area contributed by atoms with Gasteiger partial charge in [0.1, 0.15) is 17.3 Å².